The van der Waals surface area contributed by atoms with Crippen molar-refractivity contribution >= 4 is 11.6 Å². The molecule has 2 N–H and O–H groups in total. The minimum Gasteiger partial charge on any atom is -0.378 e. The molecule has 1 aromatic rings. The Morgan fingerprint density at radius 1 is 1.36 bits per heavy atom. The van der Waals surface area contributed by atoms with E-state index in [0.717, 1.165) is 39.4 Å². The van der Waals surface area contributed by atoms with Gasteiger partial charge in [-0.15, -0.1) is 0 Å². The van der Waals surface area contributed by atoms with Gasteiger partial charge in [0.15, 0.2) is 0 Å². The molecule has 2 fully saturated rings. The Morgan fingerprint density at radius 3 is 2.77 bits per heavy atom. The number of carbonyl (C=O) groups is 1. The topological polar surface area (TPSA) is 53.6 Å². The lowest BCUT2D eigenvalue weighted by Gasteiger charge is -2.32. The molecule has 22 heavy (non-hydrogen) atoms. The largest absolute Gasteiger partial charge is 0.378 e. The van der Waals surface area contributed by atoms with Crippen LogP contribution in [-0.4, -0.2) is 45.3 Å². The Labute approximate surface area is 132 Å². The molecule has 1 atom stereocenters. The van der Waals surface area contributed by atoms with Crippen molar-refractivity contribution in [3.63, 3.8) is 0 Å². The van der Waals surface area contributed by atoms with Crippen LogP contribution in [0.2, 0.25) is 0 Å². The third-order valence-corrected chi connectivity index (χ3v) is 4.73. The lowest BCUT2D eigenvalue weighted by atomic mass is 9.88. The van der Waals surface area contributed by atoms with Gasteiger partial charge in [-0.1, -0.05) is 25.1 Å². The number of para-hydroxylation sites is 1. The van der Waals surface area contributed by atoms with Crippen molar-refractivity contribution in [1.29, 1.82) is 0 Å². The van der Waals surface area contributed by atoms with E-state index in [1.807, 2.05) is 13.0 Å². The van der Waals surface area contributed by atoms with E-state index in [1.165, 1.54) is 11.3 Å². The molecular formula is C17H25N3O2. The lowest BCUT2D eigenvalue weighted by Crippen LogP contribution is -2.49. The number of ether oxygens (including phenoxy) is 1. The van der Waals surface area contributed by atoms with Crippen molar-refractivity contribution in [2.24, 2.45) is 11.8 Å². The number of amides is 1. The number of nitrogens with zero attached hydrogens (tertiary/aromatic N) is 1. The average molecular weight is 303 g/mol. The van der Waals surface area contributed by atoms with Crippen LogP contribution in [0.5, 0.6) is 0 Å². The van der Waals surface area contributed by atoms with Crippen molar-refractivity contribution in [3.8, 4) is 0 Å². The van der Waals surface area contributed by atoms with Gasteiger partial charge in [-0.2, -0.15) is 0 Å². The molecule has 0 saturated carbocycles. The van der Waals surface area contributed by atoms with Crippen LogP contribution < -0.4 is 15.5 Å². The summed E-state index contributed by atoms with van der Waals surface area (Å²) >= 11 is 0. The molecule has 0 radical (unpaired) electrons. The SMILES string of the molecule is CC(C(=O)NCc1ccccc1N1CCOCC1)C1CNC1. The lowest BCUT2D eigenvalue weighted by molar-refractivity contribution is -0.126. The number of morpholine rings is 1. The predicted octanol–water partition coefficient (Wildman–Crippen LogP) is 0.995. The highest BCUT2D eigenvalue weighted by atomic mass is 16.5. The molecule has 0 spiro atoms. The fourth-order valence-electron chi connectivity index (χ4n) is 3.00. The van der Waals surface area contributed by atoms with Gasteiger partial charge >= 0.3 is 0 Å². The minimum absolute atomic E-state index is 0.0804. The highest BCUT2D eigenvalue weighted by Gasteiger charge is 2.28. The molecular weight excluding hydrogens is 278 g/mol. The van der Waals surface area contributed by atoms with Gasteiger partial charge in [0.2, 0.25) is 5.91 Å². The summed E-state index contributed by atoms with van der Waals surface area (Å²) in [7, 11) is 0. The van der Waals surface area contributed by atoms with Crippen molar-refractivity contribution in [1.82, 2.24) is 10.6 Å². The van der Waals surface area contributed by atoms with E-state index in [4.69, 9.17) is 4.74 Å². The molecule has 120 valence electrons. The van der Waals surface area contributed by atoms with E-state index >= 15 is 0 Å². The van der Waals surface area contributed by atoms with Gasteiger partial charge < -0.3 is 20.3 Å². The molecule has 3 rings (SSSR count). The summed E-state index contributed by atoms with van der Waals surface area (Å²) in [6.07, 6.45) is 0. The number of anilines is 1. The Hall–Kier alpha value is -1.59. The summed E-state index contributed by atoms with van der Waals surface area (Å²) in [5.41, 5.74) is 2.39. The van der Waals surface area contributed by atoms with Gasteiger partial charge in [-0.3, -0.25) is 4.79 Å². The smallest absolute Gasteiger partial charge is 0.223 e. The van der Waals surface area contributed by atoms with E-state index in [0.29, 0.717) is 12.5 Å². The molecule has 2 heterocycles. The maximum atomic E-state index is 12.3. The molecule has 0 aliphatic carbocycles. The highest BCUT2D eigenvalue weighted by Crippen LogP contribution is 2.22. The number of hydrogen-bond donors (Lipinski definition) is 2. The molecule has 5 heteroatoms. The van der Waals surface area contributed by atoms with Crippen LogP contribution >= 0.6 is 0 Å². The standard InChI is InChI=1S/C17H25N3O2/c1-13(15-10-18-11-15)17(21)19-12-14-4-2-3-5-16(14)20-6-8-22-9-7-20/h2-5,13,15,18H,6-12H2,1H3,(H,19,21). The van der Waals surface area contributed by atoms with Crippen molar-refractivity contribution in [3.05, 3.63) is 29.8 Å². The van der Waals surface area contributed by atoms with Crippen LogP contribution in [0.4, 0.5) is 5.69 Å². The van der Waals surface area contributed by atoms with Gasteiger partial charge in [-0.25, -0.2) is 0 Å². The Kier molecular flexibility index (Phi) is 4.95. The predicted molar refractivity (Wildman–Crippen MR) is 86.8 cm³/mol. The normalized spacial score (nSPS) is 20.3. The fraction of sp³-hybridized carbons (Fsp3) is 0.588. The number of benzene rings is 1. The zero-order valence-electron chi connectivity index (χ0n) is 13.2. The van der Waals surface area contributed by atoms with Gasteiger partial charge in [0.25, 0.3) is 0 Å². The Bertz CT molecular complexity index is 510. The maximum Gasteiger partial charge on any atom is 0.223 e. The molecule has 2 aliphatic heterocycles. The van der Waals surface area contributed by atoms with Crippen LogP contribution in [0.1, 0.15) is 12.5 Å². The Morgan fingerprint density at radius 2 is 2.09 bits per heavy atom. The zero-order chi connectivity index (χ0) is 15.4. The number of nitrogens with one attached hydrogen (secondary N) is 2. The third-order valence-electron chi connectivity index (χ3n) is 4.73. The molecule has 5 nitrogen and oxygen atoms in total. The highest BCUT2D eigenvalue weighted by molar-refractivity contribution is 5.79. The van der Waals surface area contributed by atoms with Crippen LogP contribution in [0.3, 0.4) is 0 Å². The number of hydrogen-bond acceptors (Lipinski definition) is 4. The number of carbonyl (C=O) groups excluding carboxylic acids is 1. The second kappa shape index (κ2) is 7.11. The van der Waals surface area contributed by atoms with E-state index in [-0.39, 0.29) is 11.8 Å². The van der Waals surface area contributed by atoms with Crippen LogP contribution in [0, 0.1) is 11.8 Å². The van der Waals surface area contributed by atoms with E-state index in [2.05, 4.69) is 33.7 Å². The first-order valence-electron chi connectivity index (χ1n) is 8.14. The summed E-state index contributed by atoms with van der Waals surface area (Å²) in [6.45, 7) is 7.90. The monoisotopic (exact) mass is 303 g/mol. The van der Waals surface area contributed by atoms with Gasteiger partial charge in [0.05, 0.1) is 13.2 Å². The molecule has 2 saturated heterocycles. The average Bonchev–Trinajstić information content (AvgIpc) is 2.52. The molecule has 1 unspecified atom stereocenters. The quantitative estimate of drug-likeness (QED) is 0.852. The van der Waals surface area contributed by atoms with Crippen LogP contribution in [0.15, 0.2) is 24.3 Å². The number of rotatable bonds is 5. The summed E-state index contributed by atoms with van der Waals surface area (Å²) in [5, 5.41) is 6.33. The first-order valence-corrected chi connectivity index (χ1v) is 8.14. The first-order chi connectivity index (χ1) is 10.8. The fourth-order valence-corrected chi connectivity index (χ4v) is 3.00. The zero-order valence-corrected chi connectivity index (χ0v) is 13.2. The van der Waals surface area contributed by atoms with E-state index < -0.39 is 0 Å². The van der Waals surface area contributed by atoms with Gasteiger partial charge in [0.1, 0.15) is 0 Å². The molecule has 0 aromatic heterocycles. The molecule has 1 aromatic carbocycles. The summed E-state index contributed by atoms with van der Waals surface area (Å²) in [6, 6.07) is 8.32. The molecule has 1 amide bonds. The Balaban J connectivity index is 1.60. The summed E-state index contributed by atoms with van der Waals surface area (Å²) < 4.78 is 5.42. The van der Waals surface area contributed by atoms with Crippen LogP contribution in [0.25, 0.3) is 0 Å². The summed E-state index contributed by atoms with van der Waals surface area (Å²) in [5.74, 6) is 0.717. The van der Waals surface area contributed by atoms with Crippen molar-refractivity contribution in [2.75, 3.05) is 44.3 Å². The maximum absolute atomic E-state index is 12.3. The van der Waals surface area contributed by atoms with Gasteiger partial charge in [0, 0.05) is 31.2 Å². The second-order valence-corrected chi connectivity index (χ2v) is 6.15. The molecule has 0 bridgehead atoms. The van der Waals surface area contributed by atoms with Crippen LogP contribution in [-0.2, 0) is 16.1 Å². The van der Waals surface area contributed by atoms with Gasteiger partial charge in [-0.05, 0) is 30.6 Å². The first kappa shape index (κ1) is 15.3. The minimum atomic E-state index is 0.0804. The van der Waals surface area contributed by atoms with Crippen molar-refractivity contribution < 1.29 is 9.53 Å². The molecule has 2 aliphatic rings. The third kappa shape index (κ3) is 3.42. The second-order valence-electron chi connectivity index (χ2n) is 6.15. The van der Waals surface area contributed by atoms with Crippen molar-refractivity contribution in [2.45, 2.75) is 13.5 Å². The van der Waals surface area contributed by atoms with E-state index in [1.54, 1.807) is 0 Å². The summed E-state index contributed by atoms with van der Waals surface area (Å²) in [4.78, 5) is 14.6. The van der Waals surface area contributed by atoms with E-state index in [9.17, 15) is 4.79 Å².